The van der Waals surface area contributed by atoms with Crippen molar-refractivity contribution in [3.05, 3.63) is 24.4 Å². The van der Waals surface area contributed by atoms with E-state index in [-0.39, 0.29) is 11.6 Å². The molecule has 22 heavy (non-hydrogen) atoms. The van der Waals surface area contributed by atoms with Gasteiger partial charge in [-0.05, 0) is 18.6 Å². The van der Waals surface area contributed by atoms with E-state index in [1.165, 1.54) is 18.3 Å². The SMILES string of the molecule is CCCCC(NC(=O)O)[C@H](O)CNS(=O)(=O)c1ccccn1. The molecule has 0 bridgehead atoms. The lowest BCUT2D eigenvalue weighted by atomic mass is 10.0. The number of unbranched alkanes of at least 4 members (excludes halogenated alkanes) is 1. The summed E-state index contributed by atoms with van der Waals surface area (Å²) in [4.78, 5) is 14.5. The number of hydrogen-bond acceptors (Lipinski definition) is 5. The van der Waals surface area contributed by atoms with Crippen LogP contribution in [0.5, 0.6) is 0 Å². The van der Waals surface area contributed by atoms with Gasteiger partial charge in [0.1, 0.15) is 0 Å². The van der Waals surface area contributed by atoms with Crippen LogP contribution >= 0.6 is 0 Å². The number of aliphatic hydroxyl groups is 1. The van der Waals surface area contributed by atoms with Crippen LogP contribution in [0, 0.1) is 0 Å². The Labute approximate surface area is 129 Å². The van der Waals surface area contributed by atoms with Gasteiger partial charge in [0.05, 0.1) is 12.1 Å². The fourth-order valence-electron chi connectivity index (χ4n) is 1.86. The Morgan fingerprint density at radius 2 is 2.14 bits per heavy atom. The smallest absolute Gasteiger partial charge is 0.404 e. The predicted octanol–water partition coefficient (Wildman–Crippen LogP) is 0.547. The molecule has 9 heteroatoms. The van der Waals surface area contributed by atoms with Crippen LogP contribution in [0.2, 0.25) is 0 Å². The molecular formula is C13H21N3O5S. The molecule has 1 heterocycles. The minimum Gasteiger partial charge on any atom is -0.465 e. The third kappa shape index (κ3) is 5.96. The minimum atomic E-state index is -3.83. The zero-order valence-corrected chi connectivity index (χ0v) is 13.1. The number of aromatic nitrogens is 1. The van der Waals surface area contributed by atoms with Gasteiger partial charge in [-0.3, -0.25) is 0 Å². The van der Waals surface area contributed by atoms with Crippen molar-refractivity contribution in [2.24, 2.45) is 0 Å². The van der Waals surface area contributed by atoms with Crippen LogP contribution in [0.1, 0.15) is 26.2 Å². The van der Waals surface area contributed by atoms with Crippen LogP contribution in [0.4, 0.5) is 4.79 Å². The highest BCUT2D eigenvalue weighted by Gasteiger charge is 2.23. The molecule has 0 saturated carbocycles. The van der Waals surface area contributed by atoms with Crippen LogP contribution in [0.15, 0.2) is 29.4 Å². The van der Waals surface area contributed by atoms with Gasteiger partial charge in [0.2, 0.25) is 0 Å². The number of aliphatic hydroxyl groups excluding tert-OH is 1. The highest BCUT2D eigenvalue weighted by Crippen LogP contribution is 2.07. The quantitative estimate of drug-likeness (QED) is 0.523. The maximum atomic E-state index is 12.0. The summed E-state index contributed by atoms with van der Waals surface area (Å²) >= 11 is 0. The van der Waals surface area contributed by atoms with Gasteiger partial charge in [-0.2, -0.15) is 0 Å². The second-order valence-corrected chi connectivity index (χ2v) is 6.50. The molecule has 1 amide bonds. The van der Waals surface area contributed by atoms with Crippen LogP contribution in [0.3, 0.4) is 0 Å². The molecule has 1 unspecified atom stereocenters. The van der Waals surface area contributed by atoms with E-state index in [1.807, 2.05) is 6.92 Å². The van der Waals surface area contributed by atoms with E-state index in [1.54, 1.807) is 6.07 Å². The lowest BCUT2D eigenvalue weighted by Crippen LogP contribution is -2.48. The maximum absolute atomic E-state index is 12.0. The highest BCUT2D eigenvalue weighted by atomic mass is 32.2. The monoisotopic (exact) mass is 331 g/mol. The summed E-state index contributed by atoms with van der Waals surface area (Å²) in [5, 5.41) is 20.8. The van der Waals surface area contributed by atoms with Gasteiger partial charge in [0, 0.05) is 12.7 Å². The zero-order valence-electron chi connectivity index (χ0n) is 12.3. The lowest BCUT2D eigenvalue weighted by molar-refractivity contribution is 0.117. The van der Waals surface area contributed by atoms with Crippen molar-refractivity contribution in [2.75, 3.05) is 6.54 Å². The number of carbonyl (C=O) groups is 1. The number of hydrogen-bond donors (Lipinski definition) is 4. The number of nitrogens with zero attached hydrogens (tertiary/aromatic N) is 1. The molecule has 0 aliphatic heterocycles. The van der Waals surface area contributed by atoms with Crippen molar-refractivity contribution in [3.63, 3.8) is 0 Å². The summed E-state index contributed by atoms with van der Waals surface area (Å²) in [7, 11) is -3.83. The summed E-state index contributed by atoms with van der Waals surface area (Å²) in [5.74, 6) is 0. The van der Waals surface area contributed by atoms with E-state index in [9.17, 15) is 18.3 Å². The molecule has 124 valence electrons. The van der Waals surface area contributed by atoms with Gasteiger partial charge in [-0.1, -0.05) is 25.8 Å². The first-order chi connectivity index (χ1) is 10.4. The van der Waals surface area contributed by atoms with Gasteiger partial charge in [0.25, 0.3) is 10.0 Å². The molecule has 0 radical (unpaired) electrons. The van der Waals surface area contributed by atoms with Crippen molar-refractivity contribution >= 4 is 16.1 Å². The molecule has 0 saturated heterocycles. The van der Waals surface area contributed by atoms with Crippen LogP contribution in [-0.4, -0.2) is 48.4 Å². The number of carboxylic acid groups (broad SMARTS) is 1. The third-order valence-corrected chi connectivity index (χ3v) is 4.38. The van der Waals surface area contributed by atoms with Crippen molar-refractivity contribution in [3.8, 4) is 0 Å². The molecule has 1 aromatic heterocycles. The molecule has 0 aliphatic rings. The normalized spacial score (nSPS) is 14.3. The summed E-state index contributed by atoms with van der Waals surface area (Å²) in [6.45, 7) is 1.64. The molecule has 0 aliphatic carbocycles. The zero-order chi connectivity index (χ0) is 16.6. The van der Waals surface area contributed by atoms with E-state index < -0.39 is 28.3 Å². The molecule has 2 atom stereocenters. The largest absolute Gasteiger partial charge is 0.465 e. The first-order valence-corrected chi connectivity index (χ1v) is 8.43. The van der Waals surface area contributed by atoms with Gasteiger partial charge < -0.3 is 15.5 Å². The van der Waals surface area contributed by atoms with E-state index in [0.717, 1.165) is 12.8 Å². The Morgan fingerprint density at radius 3 is 2.68 bits per heavy atom. The number of nitrogens with one attached hydrogen (secondary N) is 2. The maximum Gasteiger partial charge on any atom is 0.404 e. The average molecular weight is 331 g/mol. The van der Waals surface area contributed by atoms with E-state index in [0.29, 0.717) is 6.42 Å². The third-order valence-electron chi connectivity index (χ3n) is 3.04. The van der Waals surface area contributed by atoms with E-state index in [4.69, 9.17) is 5.11 Å². The van der Waals surface area contributed by atoms with Crippen LogP contribution in [0.25, 0.3) is 0 Å². The Bertz CT molecular complexity index is 564. The second kappa shape index (κ2) is 8.66. The Kier molecular flexibility index (Phi) is 7.22. The average Bonchev–Trinajstić information content (AvgIpc) is 2.49. The summed E-state index contributed by atoms with van der Waals surface area (Å²) in [6, 6.07) is 3.72. The van der Waals surface area contributed by atoms with Gasteiger partial charge in [-0.25, -0.2) is 22.9 Å². The number of rotatable bonds is 9. The molecular weight excluding hydrogens is 310 g/mol. The topological polar surface area (TPSA) is 129 Å². The molecule has 8 nitrogen and oxygen atoms in total. The van der Waals surface area contributed by atoms with E-state index in [2.05, 4.69) is 15.0 Å². The molecule has 0 aromatic carbocycles. The van der Waals surface area contributed by atoms with Gasteiger partial charge >= 0.3 is 6.09 Å². The second-order valence-electron chi connectivity index (χ2n) is 4.79. The molecule has 0 fully saturated rings. The molecule has 0 spiro atoms. The summed E-state index contributed by atoms with van der Waals surface area (Å²) in [6.07, 6.45) is 0.907. The van der Waals surface area contributed by atoms with Crippen molar-refractivity contribution in [1.82, 2.24) is 15.0 Å². The van der Waals surface area contributed by atoms with Crippen molar-refractivity contribution < 1.29 is 23.4 Å². The molecule has 1 aromatic rings. The van der Waals surface area contributed by atoms with Crippen LogP contribution in [-0.2, 0) is 10.0 Å². The highest BCUT2D eigenvalue weighted by molar-refractivity contribution is 7.89. The summed E-state index contributed by atoms with van der Waals surface area (Å²) < 4.78 is 26.2. The number of amides is 1. The van der Waals surface area contributed by atoms with Crippen LogP contribution < -0.4 is 10.0 Å². The first-order valence-electron chi connectivity index (χ1n) is 6.95. The summed E-state index contributed by atoms with van der Waals surface area (Å²) in [5.41, 5.74) is 0. The fraction of sp³-hybridized carbons (Fsp3) is 0.538. The number of sulfonamides is 1. The Balaban J connectivity index is 2.65. The van der Waals surface area contributed by atoms with Gasteiger partial charge in [0.15, 0.2) is 5.03 Å². The Hall–Kier alpha value is -1.71. The number of pyridine rings is 1. The molecule has 4 N–H and O–H groups in total. The molecule has 1 rings (SSSR count). The predicted molar refractivity (Wildman–Crippen MR) is 79.9 cm³/mol. The lowest BCUT2D eigenvalue weighted by Gasteiger charge is -2.23. The van der Waals surface area contributed by atoms with Gasteiger partial charge in [-0.15, -0.1) is 0 Å². The first kappa shape index (κ1) is 18.3. The standard InChI is InChI=1S/C13H21N3O5S/c1-2-3-6-10(16-13(18)19)11(17)9-15-22(20,21)12-7-4-5-8-14-12/h4-5,7-8,10-11,15-17H,2-3,6,9H2,1H3,(H,18,19)/t10?,11-/m1/s1. The fourth-order valence-corrected chi connectivity index (χ4v) is 2.86. The van der Waals surface area contributed by atoms with E-state index >= 15 is 0 Å². The Morgan fingerprint density at radius 1 is 1.41 bits per heavy atom. The van der Waals surface area contributed by atoms with Crippen molar-refractivity contribution in [1.29, 1.82) is 0 Å². The van der Waals surface area contributed by atoms with Crippen molar-refractivity contribution in [2.45, 2.75) is 43.4 Å². The minimum absolute atomic E-state index is 0.154.